The largest absolute Gasteiger partial charge is 0.355 e. The number of rotatable bonds is 10. The molecule has 1 N–H and O–H groups in total. The molecule has 196 valence electrons. The van der Waals surface area contributed by atoms with E-state index in [-0.39, 0.29) is 17.3 Å². The van der Waals surface area contributed by atoms with Gasteiger partial charge in [0.25, 0.3) is 10.0 Å². The molecule has 3 aromatic rings. The fourth-order valence-corrected chi connectivity index (χ4v) is 5.36. The topological polar surface area (TPSA) is 86.8 Å². The van der Waals surface area contributed by atoms with Crippen LogP contribution >= 0.6 is 11.6 Å². The first-order chi connectivity index (χ1) is 17.5. The molecule has 0 aliphatic rings. The molecule has 0 saturated heterocycles. The Kier molecular flexibility index (Phi) is 9.34. The number of hydrogen-bond donors (Lipinski definition) is 1. The lowest BCUT2D eigenvalue weighted by Crippen LogP contribution is -2.51. The van der Waals surface area contributed by atoms with Crippen LogP contribution in [0, 0.1) is 13.8 Å². The Morgan fingerprint density at radius 2 is 1.59 bits per heavy atom. The van der Waals surface area contributed by atoms with Gasteiger partial charge in [0.2, 0.25) is 11.8 Å². The van der Waals surface area contributed by atoms with Gasteiger partial charge in [-0.05, 0) is 80.8 Å². The zero-order valence-corrected chi connectivity index (χ0v) is 23.0. The fourth-order valence-electron chi connectivity index (χ4n) is 3.83. The van der Waals surface area contributed by atoms with Crippen molar-refractivity contribution in [2.45, 2.75) is 45.2 Å². The van der Waals surface area contributed by atoms with Crippen LogP contribution in [0.25, 0.3) is 0 Å². The Labute approximate surface area is 224 Å². The minimum atomic E-state index is -4.13. The number of carbonyl (C=O) groups excluding carboxylic acids is 2. The van der Waals surface area contributed by atoms with Crippen molar-refractivity contribution in [3.05, 3.63) is 94.5 Å². The SMILES string of the molecule is CCNC(=O)[C@H](C)N(Cc1ccccc1)C(=O)CN(c1ccc(C)c(C)c1)S(=O)(=O)c1ccc(Cl)cc1. The smallest absolute Gasteiger partial charge is 0.264 e. The van der Waals surface area contributed by atoms with Crippen LogP contribution in [-0.2, 0) is 26.2 Å². The van der Waals surface area contributed by atoms with Gasteiger partial charge in [0.15, 0.2) is 0 Å². The van der Waals surface area contributed by atoms with E-state index in [1.165, 1.54) is 29.2 Å². The van der Waals surface area contributed by atoms with Gasteiger partial charge in [-0.3, -0.25) is 13.9 Å². The van der Waals surface area contributed by atoms with Gasteiger partial charge in [0.1, 0.15) is 12.6 Å². The molecule has 0 radical (unpaired) electrons. The maximum absolute atomic E-state index is 13.8. The molecule has 1 atom stereocenters. The van der Waals surface area contributed by atoms with Crippen LogP contribution in [0.5, 0.6) is 0 Å². The third-order valence-corrected chi connectivity index (χ3v) is 8.21. The van der Waals surface area contributed by atoms with Crippen LogP contribution in [0.2, 0.25) is 5.02 Å². The van der Waals surface area contributed by atoms with Crippen molar-refractivity contribution in [1.29, 1.82) is 0 Å². The quantitative estimate of drug-likeness (QED) is 0.403. The molecule has 0 aromatic heterocycles. The molecule has 7 nitrogen and oxygen atoms in total. The average molecular weight is 542 g/mol. The number of anilines is 1. The van der Waals surface area contributed by atoms with Crippen molar-refractivity contribution in [1.82, 2.24) is 10.2 Å². The van der Waals surface area contributed by atoms with Crippen LogP contribution in [0.15, 0.2) is 77.7 Å². The lowest BCUT2D eigenvalue weighted by molar-refractivity contribution is -0.139. The molecule has 3 rings (SSSR count). The van der Waals surface area contributed by atoms with Crippen LogP contribution in [0.1, 0.15) is 30.5 Å². The first kappa shape index (κ1) is 28.2. The van der Waals surface area contributed by atoms with Crippen LogP contribution in [0.3, 0.4) is 0 Å². The number of likely N-dealkylation sites (N-methyl/N-ethyl adjacent to an activating group) is 1. The second kappa shape index (κ2) is 12.3. The predicted octanol–water partition coefficient (Wildman–Crippen LogP) is 4.71. The van der Waals surface area contributed by atoms with E-state index in [1.54, 1.807) is 26.0 Å². The maximum atomic E-state index is 13.8. The Hall–Kier alpha value is -3.36. The summed E-state index contributed by atoms with van der Waals surface area (Å²) in [5, 5.41) is 3.15. The second-order valence-corrected chi connectivity index (χ2v) is 11.1. The summed E-state index contributed by atoms with van der Waals surface area (Å²) in [7, 11) is -4.13. The number of aryl methyl sites for hydroxylation is 2. The summed E-state index contributed by atoms with van der Waals surface area (Å²) in [5.74, 6) is -0.816. The van der Waals surface area contributed by atoms with Crippen LogP contribution < -0.4 is 9.62 Å². The van der Waals surface area contributed by atoms with E-state index in [2.05, 4.69) is 5.32 Å². The first-order valence-corrected chi connectivity index (χ1v) is 13.8. The number of sulfonamides is 1. The number of halogens is 1. The van der Waals surface area contributed by atoms with Crippen molar-refractivity contribution in [2.24, 2.45) is 0 Å². The monoisotopic (exact) mass is 541 g/mol. The molecular weight excluding hydrogens is 510 g/mol. The molecule has 2 amide bonds. The van der Waals surface area contributed by atoms with Crippen LogP contribution in [0.4, 0.5) is 5.69 Å². The molecule has 0 fully saturated rings. The minimum Gasteiger partial charge on any atom is -0.355 e. The van der Waals surface area contributed by atoms with Gasteiger partial charge in [-0.1, -0.05) is 48.0 Å². The van der Waals surface area contributed by atoms with Gasteiger partial charge in [-0.2, -0.15) is 0 Å². The Morgan fingerprint density at radius 1 is 0.946 bits per heavy atom. The lowest BCUT2D eigenvalue weighted by Gasteiger charge is -2.32. The highest BCUT2D eigenvalue weighted by Crippen LogP contribution is 2.27. The molecule has 3 aromatic carbocycles. The van der Waals surface area contributed by atoms with Gasteiger partial charge in [-0.25, -0.2) is 8.42 Å². The van der Waals surface area contributed by atoms with Crippen molar-refractivity contribution < 1.29 is 18.0 Å². The van der Waals surface area contributed by atoms with E-state index in [0.717, 1.165) is 21.0 Å². The molecular formula is C28H32ClN3O4S. The number of carbonyl (C=O) groups is 2. The van der Waals surface area contributed by atoms with Crippen molar-refractivity contribution in [3.8, 4) is 0 Å². The summed E-state index contributed by atoms with van der Waals surface area (Å²) >= 11 is 5.98. The highest BCUT2D eigenvalue weighted by Gasteiger charge is 2.32. The summed E-state index contributed by atoms with van der Waals surface area (Å²) in [4.78, 5) is 27.9. The third-order valence-electron chi connectivity index (χ3n) is 6.17. The van der Waals surface area contributed by atoms with Crippen molar-refractivity contribution in [3.63, 3.8) is 0 Å². The summed E-state index contributed by atoms with van der Waals surface area (Å²) < 4.78 is 28.7. The summed E-state index contributed by atoms with van der Waals surface area (Å²) in [5.41, 5.74) is 3.06. The first-order valence-electron chi connectivity index (χ1n) is 12.0. The molecule has 9 heteroatoms. The summed E-state index contributed by atoms with van der Waals surface area (Å²) in [6.07, 6.45) is 0. The summed E-state index contributed by atoms with van der Waals surface area (Å²) in [6.45, 7) is 7.33. The number of amides is 2. The van der Waals surface area contributed by atoms with E-state index in [0.29, 0.717) is 17.3 Å². The average Bonchev–Trinajstić information content (AvgIpc) is 2.88. The predicted molar refractivity (Wildman–Crippen MR) is 147 cm³/mol. The van der Waals surface area contributed by atoms with E-state index in [1.807, 2.05) is 50.2 Å². The van der Waals surface area contributed by atoms with Gasteiger partial charge in [-0.15, -0.1) is 0 Å². The summed E-state index contributed by atoms with van der Waals surface area (Å²) in [6, 6.07) is 19.5. The highest BCUT2D eigenvalue weighted by atomic mass is 35.5. The Balaban J connectivity index is 2.04. The van der Waals surface area contributed by atoms with Gasteiger partial charge >= 0.3 is 0 Å². The van der Waals surface area contributed by atoms with E-state index >= 15 is 0 Å². The molecule has 0 bridgehead atoms. The zero-order chi connectivity index (χ0) is 27.2. The molecule has 0 spiro atoms. The van der Waals surface area contributed by atoms with Gasteiger partial charge in [0.05, 0.1) is 10.6 Å². The molecule has 0 unspecified atom stereocenters. The molecule has 0 heterocycles. The molecule has 0 saturated carbocycles. The normalized spacial score (nSPS) is 12.0. The van der Waals surface area contributed by atoms with E-state index < -0.39 is 28.5 Å². The Morgan fingerprint density at radius 3 is 2.19 bits per heavy atom. The molecule has 37 heavy (non-hydrogen) atoms. The maximum Gasteiger partial charge on any atom is 0.264 e. The van der Waals surface area contributed by atoms with Gasteiger partial charge < -0.3 is 10.2 Å². The van der Waals surface area contributed by atoms with E-state index in [9.17, 15) is 18.0 Å². The molecule has 0 aliphatic heterocycles. The Bertz CT molecular complexity index is 1350. The standard InChI is InChI=1S/C28H32ClN3O4S/c1-5-30-28(34)22(4)31(18-23-9-7-6-8-10-23)27(33)19-32(25-14-11-20(2)21(3)17-25)37(35,36)26-15-12-24(29)13-16-26/h6-17,22H,5,18-19H2,1-4H3,(H,30,34)/t22-/m0/s1. The lowest BCUT2D eigenvalue weighted by atomic mass is 10.1. The third kappa shape index (κ3) is 6.90. The fraction of sp³-hybridized carbons (Fsp3) is 0.286. The van der Waals surface area contributed by atoms with Gasteiger partial charge in [0, 0.05) is 18.1 Å². The number of nitrogens with one attached hydrogen (secondary N) is 1. The van der Waals surface area contributed by atoms with E-state index in [4.69, 9.17) is 11.6 Å². The highest BCUT2D eigenvalue weighted by molar-refractivity contribution is 7.92. The number of hydrogen-bond acceptors (Lipinski definition) is 4. The zero-order valence-electron chi connectivity index (χ0n) is 21.4. The van der Waals surface area contributed by atoms with Crippen molar-refractivity contribution >= 4 is 39.1 Å². The second-order valence-electron chi connectivity index (χ2n) is 8.81. The molecule has 0 aliphatic carbocycles. The minimum absolute atomic E-state index is 0.00862. The number of nitrogens with zero attached hydrogens (tertiary/aromatic N) is 2. The number of benzene rings is 3. The van der Waals surface area contributed by atoms with Crippen molar-refractivity contribution in [2.75, 3.05) is 17.4 Å². The van der Waals surface area contributed by atoms with Crippen LogP contribution in [-0.4, -0.2) is 44.3 Å².